The van der Waals surface area contributed by atoms with Crippen LogP contribution in [0.15, 0.2) is 54.7 Å². The summed E-state index contributed by atoms with van der Waals surface area (Å²) < 4.78 is 2.16. The molecule has 0 amide bonds. The predicted octanol–water partition coefficient (Wildman–Crippen LogP) is 4.57. The molecule has 0 spiro atoms. The molecule has 7 heteroatoms. The molecule has 2 aromatic heterocycles. The van der Waals surface area contributed by atoms with Crippen molar-refractivity contribution in [2.45, 2.75) is 45.8 Å². The first-order valence-electron chi connectivity index (χ1n) is 10.3. The van der Waals surface area contributed by atoms with Gasteiger partial charge in [0, 0.05) is 29.3 Å². The smallest absolute Gasteiger partial charge is 0.335 e. The van der Waals surface area contributed by atoms with Gasteiger partial charge in [0.2, 0.25) is 0 Å². The Bertz CT molecular complexity index is 1120. The minimum Gasteiger partial charge on any atom is -0.478 e. The second-order valence-electron chi connectivity index (χ2n) is 8.14. The van der Waals surface area contributed by atoms with E-state index in [0.717, 1.165) is 27.9 Å². The summed E-state index contributed by atoms with van der Waals surface area (Å²) in [6.45, 7) is 8.46. The molecule has 3 heterocycles. The van der Waals surface area contributed by atoms with Crippen LogP contribution < -0.4 is 5.32 Å². The number of carbonyl (C=O) groups is 1. The average molecular weight is 435 g/mol. The molecular weight excluding hydrogens is 408 g/mol. The van der Waals surface area contributed by atoms with Crippen molar-refractivity contribution >= 4 is 23.3 Å². The first kappa shape index (κ1) is 21.1. The monoisotopic (exact) mass is 434 g/mol. The number of carboxylic acid groups (broad SMARTS) is 1. The largest absolute Gasteiger partial charge is 0.478 e. The zero-order chi connectivity index (χ0) is 22.3. The van der Waals surface area contributed by atoms with Gasteiger partial charge in [-0.25, -0.2) is 4.79 Å². The number of rotatable bonds is 5. The van der Waals surface area contributed by atoms with Crippen LogP contribution in [0.5, 0.6) is 0 Å². The molecule has 1 aliphatic heterocycles. The summed E-state index contributed by atoms with van der Waals surface area (Å²) >= 11 is 5.71. The van der Waals surface area contributed by atoms with Crippen LogP contribution in [0.25, 0.3) is 5.69 Å². The van der Waals surface area contributed by atoms with E-state index in [1.165, 1.54) is 5.56 Å². The summed E-state index contributed by atoms with van der Waals surface area (Å²) in [7, 11) is 0. The highest BCUT2D eigenvalue weighted by molar-refractivity contribution is 7.80. The highest BCUT2D eigenvalue weighted by atomic mass is 32.1. The highest BCUT2D eigenvalue weighted by Crippen LogP contribution is 2.42. The highest BCUT2D eigenvalue weighted by Gasteiger charge is 2.42. The van der Waals surface area contributed by atoms with Crippen molar-refractivity contribution in [3.05, 3.63) is 82.9 Å². The van der Waals surface area contributed by atoms with Crippen LogP contribution in [-0.4, -0.2) is 36.7 Å². The summed E-state index contributed by atoms with van der Waals surface area (Å²) in [6, 6.07) is 15.3. The van der Waals surface area contributed by atoms with Crippen molar-refractivity contribution in [1.82, 2.24) is 19.8 Å². The molecule has 2 atom stereocenters. The van der Waals surface area contributed by atoms with Gasteiger partial charge in [-0.15, -0.1) is 0 Å². The molecule has 1 aliphatic rings. The zero-order valence-corrected chi connectivity index (χ0v) is 18.9. The maximum absolute atomic E-state index is 11.2. The lowest BCUT2D eigenvalue weighted by Gasteiger charge is -2.31. The average Bonchev–Trinajstić information content (AvgIpc) is 3.24. The minimum atomic E-state index is -0.926. The van der Waals surface area contributed by atoms with E-state index in [1.807, 2.05) is 36.5 Å². The molecule has 2 N–H and O–H groups in total. The second kappa shape index (κ2) is 8.15. The van der Waals surface area contributed by atoms with Gasteiger partial charge < -0.3 is 19.9 Å². The number of hydrogen-bond donors (Lipinski definition) is 2. The number of nitrogens with zero attached hydrogens (tertiary/aromatic N) is 3. The Hall–Kier alpha value is -3.19. The summed E-state index contributed by atoms with van der Waals surface area (Å²) in [5.74, 6) is -0.926. The van der Waals surface area contributed by atoms with Crippen LogP contribution in [0.4, 0.5) is 0 Å². The lowest BCUT2D eigenvalue weighted by molar-refractivity contribution is 0.0697. The Morgan fingerprint density at radius 2 is 1.87 bits per heavy atom. The third kappa shape index (κ3) is 3.70. The molecule has 1 saturated heterocycles. The number of aromatic nitrogens is 2. The Morgan fingerprint density at radius 3 is 2.45 bits per heavy atom. The molecule has 0 aliphatic carbocycles. The molecule has 0 radical (unpaired) electrons. The Kier molecular flexibility index (Phi) is 5.54. The number of carboxylic acids is 1. The quantitative estimate of drug-likeness (QED) is 0.574. The van der Waals surface area contributed by atoms with E-state index in [0.29, 0.717) is 0 Å². The van der Waals surface area contributed by atoms with Gasteiger partial charge in [-0.3, -0.25) is 4.98 Å². The molecule has 1 aromatic carbocycles. The molecule has 6 nitrogen and oxygen atoms in total. The van der Waals surface area contributed by atoms with Crippen LogP contribution in [0, 0.1) is 13.8 Å². The molecule has 160 valence electrons. The lowest BCUT2D eigenvalue weighted by atomic mass is 9.96. The number of aromatic carboxylic acids is 1. The van der Waals surface area contributed by atoms with E-state index < -0.39 is 5.97 Å². The van der Waals surface area contributed by atoms with Gasteiger partial charge in [0.25, 0.3) is 0 Å². The summed E-state index contributed by atoms with van der Waals surface area (Å²) in [4.78, 5) is 18.1. The van der Waals surface area contributed by atoms with Crippen molar-refractivity contribution in [2.24, 2.45) is 0 Å². The van der Waals surface area contributed by atoms with Gasteiger partial charge in [0.1, 0.15) is 0 Å². The van der Waals surface area contributed by atoms with Crippen molar-refractivity contribution in [3.63, 3.8) is 0 Å². The van der Waals surface area contributed by atoms with Crippen LogP contribution in [0.3, 0.4) is 0 Å². The second-order valence-corrected chi connectivity index (χ2v) is 8.53. The molecule has 0 bridgehead atoms. The topological polar surface area (TPSA) is 70.4 Å². The zero-order valence-electron chi connectivity index (χ0n) is 18.0. The standard InChI is InChI=1S/C24H26N4O2S/c1-14(2)27-22(21(26-24(27)31)20-7-5-6-12-25-20)19-13-15(3)28(16(19)4)18-10-8-17(9-11-18)23(29)30/h5-14,21-22H,1-4H3,(H,26,31)(H,29,30)/t21-,22-/m1/s1. The molecule has 4 rings (SSSR count). The third-order valence-corrected chi connectivity index (χ3v) is 6.18. The SMILES string of the molecule is Cc1cc([C@@H]2[C@@H](c3ccccn3)NC(=S)N2C(C)C)c(C)n1-c1ccc(C(=O)O)cc1. The lowest BCUT2D eigenvalue weighted by Crippen LogP contribution is -2.35. The van der Waals surface area contributed by atoms with Crippen molar-refractivity contribution in [3.8, 4) is 5.69 Å². The first-order valence-corrected chi connectivity index (χ1v) is 10.7. The maximum Gasteiger partial charge on any atom is 0.335 e. The minimum absolute atomic E-state index is 0.000595. The van der Waals surface area contributed by atoms with Crippen LogP contribution >= 0.6 is 12.2 Å². The number of thiocarbonyl (C=S) groups is 1. The van der Waals surface area contributed by atoms with Crippen molar-refractivity contribution in [1.29, 1.82) is 0 Å². The third-order valence-electron chi connectivity index (χ3n) is 5.85. The summed E-state index contributed by atoms with van der Waals surface area (Å²) in [5.41, 5.74) is 5.52. The number of pyridine rings is 1. The van der Waals surface area contributed by atoms with Gasteiger partial charge in [-0.05, 0) is 87.9 Å². The fourth-order valence-electron chi connectivity index (χ4n) is 4.49. The van der Waals surface area contributed by atoms with E-state index in [2.05, 4.69) is 53.5 Å². The van der Waals surface area contributed by atoms with Crippen molar-refractivity contribution < 1.29 is 9.90 Å². The number of hydrogen-bond acceptors (Lipinski definition) is 3. The van der Waals surface area contributed by atoms with Crippen LogP contribution in [-0.2, 0) is 0 Å². The Labute approximate surface area is 187 Å². The fourth-order valence-corrected chi connectivity index (χ4v) is 4.94. The van der Waals surface area contributed by atoms with E-state index in [9.17, 15) is 9.90 Å². The molecule has 1 fully saturated rings. The summed E-state index contributed by atoms with van der Waals surface area (Å²) in [5, 5.41) is 13.4. The normalized spacial score (nSPS) is 18.5. The number of benzene rings is 1. The van der Waals surface area contributed by atoms with Gasteiger partial charge in [0.15, 0.2) is 5.11 Å². The predicted molar refractivity (Wildman–Crippen MR) is 125 cm³/mol. The molecule has 31 heavy (non-hydrogen) atoms. The van der Waals surface area contributed by atoms with E-state index in [1.54, 1.807) is 12.1 Å². The first-order chi connectivity index (χ1) is 14.8. The van der Waals surface area contributed by atoms with Gasteiger partial charge >= 0.3 is 5.97 Å². The fraction of sp³-hybridized carbons (Fsp3) is 0.292. The van der Waals surface area contributed by atoms with E-state index >= 15 is 0 Å². The van der Waals surface area contributed by atoms with Gasteiger partial charge in [-0.2, -0.15) is 0 Å². The molecule has 3 aromatic rings. The van der Waals surface area contributed by atoms with Crippen LogP contribution in [0.2, 0.25) is 0 Å². The Morgan fingerprint density at radius 1 is 1.16 bits per heavy atom. The maximum atomic E-state index is 11.2. The van der Waals surface area contributed by atoms with Gasteiger partial charge in [-0.1, -0.05) is 6.07 Å². The van der Waals surface area contributed by atoms with Gasteiger partial charge in [0.05, 0.1) is 23.3 Å². The van der Waals surface area contributed by atoms with Crippen LogP contribution in [0.1, 0.15) is 58.9 Å². The van der Waals surface area contributed by atoms with E-state index in [4.69, 9.17) is 12.2 Å². The number of nitrogens with one attached hydrogen (secondary N) is 1. The Balaban J connectivity index is 1.82. The molecule has 0 saturated carbocycles. The molecule has 0 unspecified atom stereocenters. The van der Waals surface area contributed by atoms with E-state index in [-0.39, 0.29) is 23.7 Å². The van der Waals surface area contributed by atoms with Crippen molar-refractivity contribution in [2.75, 3.05) is 0 Å². The number of aryl methyl sites for hydroxylation is 1. The summed E-state index contributed by atoms with van der Waals surface area (Å²) in [6.07, 6.45) is 1.81. The molecular formula is C24H26N4O2S.